The predicted molar refractivity (Wildman–Crippen MR) is 81.7 cm³/mol. The maximum absolute atomic E-state index is 12.7. The topological polar surface area (TPSA) is 84.7 Å². The standard InChI is InChI=1S/C15H29N3O3/c1-6-17-12(19)10-18(7-2)13(20)15(16)9-11(21-8-3)14(15,4)5/h11H,6-10,16H2,1-5H3,(H,17,19). The summed E-state index contributed by atoms with van der Waals surface area (Å²) in [7, 11) is 0. The molecule has 0 aliphatic heterocycles. The number of likely N-dealkylation sites (N-methyl/N-ethyl adjacent to an activating group) is 2. The van der Waals surface area contributed by atoms with Crippen LogP contribution in [0.3, 0.4) is 0 Å². The van der Waals surface area contributed by atoms with Crippen molar-refractivity contribution in [1.82, 2.24) is 10.2 Å². The van der Waals surface area contributed by atoms with Gasteiger partial charge in [0.25, 0.3) is 0 Å². The van der Waals surface area contributed by atoms with Crippen molar-refractivity contribution >= 4 is 11.8 Å². The monoisotopic (exact) mass is 299 g/mol. The van der Waals surface area contributed by atoms with Gasteiger partial charge >= 0.3 is 0 Å². The third kappa shape index (κ3) is 3.21. The summed E-state index contributed by atoms with van der Waals surface area (Å²) in [5, 5.41) is 2.70. The Balaban J connectivity index is 2.79. The maximum Gasteiger partial charge on any atom is 0.243 e. The van der Waals surface area contributed by atoms with Gasteiger partial charge in [0, 0.05) is 31.5 Å². The van der Waals surface area contributed by atoms with Crippen molar-refractivity contribution in [2.75, 3.05) is 26.2 Å². The number of nitrogens with two attached hydrogens (primary N) is 1. The fourth-order valence-corrected chi connectivity index (χ4v) is 2.83. The Bertz CT molecular complexity index is 398. The van der Waals surface area contributed by atoms with E-state index in [1.807, 2.05) is 34.6 Å². The van der Waals surface area contributed by atoms with Crippen LogP contribution < -0.4 is 11.1 Å². The minimum atomic E-state index is -0.963. The van der Waals surface area contributed by atoms with E-state index in [2.05, 4.69) is 5.32 Å². The minimum Gasteiger partial charge on any atom is -0.378 e. The summed E-state index contributed by atoms with van der Waals surface area (Å²) in [6.07, 6.45) is 0.484. The molecule has 2 amide bonds. The van der Waals surface area contributed by atoms with Gasteiger partial charge in [0.05, 0.1) is 12.6 Å². The molecule has 0 heterocycles. The first-order valence-corrected chi connectivity index (χ1v) is 7.71. The van der Waals surface area contributed by atoms with Gasteiger partial charge in [-0.1, -0.05) is 13.8 Å². The van der Waals surface area contributed by atoms with Gasteiger partial charge in [-0.3, -0.25) is 9.59 Å². The van der Waals surface area contributed by atoms with Crippen LogP contribution in [0.15, 0.2) is 0 Å². The summed E-state index contributed by atoms with van der Waals surface area (Å²) < 4.78 is 5.64. The van der Waals surface area contributed by atoms with Crippen LogP contribution >= 0.6 is 0 Å². The fraction of sp³-hybridized carbons (Fsp3) is 0.867. The molecule has 0 aromatic heterocycles. The highest BCUT2D eigenvalue weighted by molar-refractivity contribution is 5.92. The number of ether oxygens (including phenoxy) is 1. The molecule has 1 saturated carbocycles. The molecule has 2 unspecified atom stereocenters. The fourth-order valence-electron chi connectivity index (χ4n) is 2.83. The first-order chi connectivity index (χ1) is 9.74. The highest BCUT2D eigenvalue weighted by Gasteiger charge is 2.63. The molecule has 6 nitrogen and oxygen atoms in total. The molecule has 21 heavy (non-hydrogen) atoms. The number of hydrogen-bond donors (Lipinski definition) is 2. The van der Waals surface area contributed by atoms with Crippen molar-refractivity contribution in [3.05, 3.63) is 0 Å². The Morgan fingerprint density at radius 1 is 1.33 bits per heavy atom. The lowest BCUT2D eigenvalue weighted by Gasteiger charge is -2.58. The number of rotatable bonds is 7. The Hall–Kier alpha value is -1.14. The van der Waals surface area contributed by atoms with E-state index in [1.165, 1.54) is 4.90 Å². The molecule has 1 fully saturated rings. The molecule has 0 radical (unpaired) electrons. The van der Waals surface area contributed by atoms with E-state index >= 15 is 0 Å². The van der Waals surface area contributed by atoms with Crippen LogP contribution in [0, 0.1) is 5.41 Å². The van der Waals surface area contributed by atoms with E-state index in [4.69, 9.17) is 10.5 Å². The zero-order chi connectivity index (χ0) is 16.3. The van der Waals surface area contributed by atoms with E-state index in [-0.39, 0.29) is 24.5 Å². The molecular weight excluding hydrogens is 270 g/mol. The molecule has 0 spiro atoms. The zero-order valence-electron chi connectivity index (χ0n) is 13.9. The molecular formula is C15H29N3O3. The number of amides is 2. The van der Waals surface area contributed by atoms with Gasteiger partial charge in [0.1, 0.15) is 5.54 Å². The lowest BCUT2D eigenvalue weighted by Crippen LogP contribution is -2.76. The van der Waals surface area contributed by atoms with Crippen LogP contribution in [0.2, 0.25) is 0 Å². The normalized spacial score (nSPS) is 26.9. The average Bonchev–Trinajstić information content (AvgIpc) is 2.43. The van der Waals surface area contributed by atoms with E-state index in [0.717, 1.165) is 0 Å². The van der Waals surface area contributed by atoms with Gasteiger partial charge < -0.3 is 20.7 Å². The number of nitrogens with one attached hydrogen (secondary N) is 1. The summed E-state index contributed by atoms with van der Waals surface area (Å²) in [5.74, 6) is -0.327. The molecule has 1 aliphatic carbocycles. The average molecular weight is 299 g/mol. The Kier molecular flexibility index (Phi) is 5.75. The molecule has 2 atom stereocenters. The van der Waals surface area contributed by atoms with Crippen LogP contribution in [0.25, 0.3) is 0 Å². The van der Waals surface area contributed by atoms with Crippen LogP contribution in [-0.4, -0.2) is 54.6 Å². The number of hydrogen-bond acceptors (Lipinski definition) is 4. The molecule has 0 aromatic rings. The number of nitrogens with zero attached hydrogens (tertiary/aromatic N) is 1. The largest absolute Gasteiger partial charge is 0.378 e. The SMILES string of the molecule is CCNC(=O)CN(CC)C(=O)C1(N)CC(OCC)C1(C)C. The van der Waals surface area contributed by atoms with Crippen molar-refractivity contribution < 1.29 is 14.3 Å². The summed E-state index contributed by atoms with van der Waals surface area (Å²) in [4.78, 5) is 26.0. The second kappa shape index (κ2) is 6.75. The minimum absolute atomic E-state index is 0.0142. The van der Waals surface area contributed by atoms with Crippen LogP contribution in [0.5, 0.6) is 0 Å². The van der Waals surface area contributed by atoms with Gasteiger partial charge in [-0.2, -0.15) is 0 Å². The van der Waals surface area contributed by atoms with E-state index in [9.17, 15) is 9.59 Å². The van der Waals surface area contributed by atoms with Crippen LogP contribution in [-0.2, 0) is 14.3 Å². The van der Waals surface area contributed by atoms with Crippen molar-refractivity contribution in [3.63, 3.8) is 0 Å². The quantitative estimate of drug-likeness (QED) is 0.717. The smallest absolute Gasteiger partial charge is 0.243 e. The maximum atomic E-state index is 12.7. The third-order valence-corrected chi connectivity index (χ3v) is 4.59. The molecule has 0 saturated heterocycles. The van der Waals surface area contributed by atoms with Crippen molar-refractivity contribution in [3.8, 4) is 0 Å². The second-order valence-corrected chi connectivity index (χ2v) is 6.11. The van der Waals surface area contributed by atoms with E-state index in [1.54, 1.807) is 0 Å². The van der Waals surface area contributed by atoms with Crippen molar-refractivity contribution in [2.24, 2.45) is 11.1 Å². The van der Waals surface area contributed by atoms with Gasteiger partial charge in [0.15, 0.2) is 0 Å². The highest BCUT2D eigenvalue weighted by Crippen LogP contribution is 2.50. The first kappa shape index (κ1) is 17.9. The molecule has 3 N–H and O–H groups in total. The van der Waals surface area contributed by atoms with Gasteiger partial charge in [-0.15, -0.1) is 0 Å². The second-order valence-electron chi connectivity index (χ2n) is 6.11. The summed E-state index contributed by atoms with van der Waals surface area (Å²) >= 11 is 0. The summed E-state index contributed by atoms with van der Waals surface area (Å²) in [6.45, 7) is 11.2. The Labute approximate surface area is 127 Å². The van der Waals surface area contributed by atoms with E-state index in [0.29, 0.717) is 26.1 Å². The molecule has 122 valence electrons. The number of carbonyl (C=O) groups is 2. The first-order valence-electron chi connectivity index (χ1n) is 7.71. The molecule has 0 bridgehead atoms. The van der Waals surface area contributed by atoms with Gasteiger partial charge in [-0.05, 0) is 20.8 Å². The Morgan fingerprint density at radius 2 is 1.95 bits per heavy atom. The van der Waals surface area contributed by atoms with Gasteiger partial charge in [0.2, 0.25) is 11.8 Å². The highest BCUT2D eigenvalue weighted by atomic mass is 16.5. The third-order valence-electron chi connectivity index (χ3n) is 4.59. The van der Waals surface area contributed by atoms with Crippen molar-refractivity contribution in [2.45, 2.75) is 52.7 Å². The Morgan fingerprint density at radius 3 is 2.38 bits per heavy atom. The molecule has 1 aliphatic rings. The lowest BCUT2D eigenvalue weighted by molar-refractivity contribution is -0.179. The number of carbonyl (C=O) groups excluding carboxylic acids is 2. The molecule has 1 rings (SSSR count). The zero-order valence-corrected chi connectivity index (χ0v) is 13.9. The van der Waals surface area contributed by atoms with Gasteiger partial charge in [-0.25, -0.2) is 0 Å². The van der Waals surface area contributed by atoms with E-state index < -0.39 is 11.0 Å². The lowest BCUT2D eigenvalue weighted by atomic mass is 9.54. The van der Waals surface area contributed by atoms with Crippen LogP contribution in [0.4, 0.5) is 0 Å². The predicted octanol–water partition coefficient (Wildman–Crippen LogP) is 0.504. The molecule has 0 aromatic carbocycles. The summed E-state index contributed by atoms with van der Waals surface area (Å²) in [5.41, 5.74) is 4.97. The van der Waals surface area contributed by atoms with Crippen LogP contribution in [0.1, 0.15) is 41.0 Å². The molecule has 6 heteroatoms. The van der Waals surface area contributed by atoms with Crippen molar-refractivity contribution in [1.29, 1.82) is 0 Å². The summed E-state index contributed by atoms with van der Waals surface area (Å²) in [6, 6.07) is 0.